The number of imidazole rings is 1. The highest BCUT2D eigenvalue weighted by Crippen LogP contribution is 2.41. The molecule has 2 aliphatic rings. The SMILES string of the molecule is CC(=O)O[C@@H](c1nccn1Cc1ccccc1)[C@H]1OC(C)(C)O[C@@H]1[C@H]1COC(C)(C)O1. The van der Waals surface area contributed by atoms with E-state index in [0.29, 0.717) is 19.0 Å². The largest absolute Gasteiger partial charge is 0.451 e. The van der Waals surface area contributed by atoms with Crippen LogP contribution in [0.15, 0.2) is 42.7 Å². The van der Waals surface area contributed by atoms with Gasteiger partial charge in [0.15, 0.2) is 23.5 Å². The highest BCUT2D eigenvalue weighted by molar-refractivity contribution is 5.66. The molecule has 1 aromatic carbocycles. The molecular weight excluding hydrogens is 400 g/mol. The van der Waals surface area contributed by atoms with Crippen molar-refractivity contribution in [1.29, 1.82) is 0 Å². The van der Waals surface area contributed by atoms with Crippen LogP contribution < -0.4 is 0 Å². The zero-order valence-electron chi connectivity index (χ0n) is 18.6. The lowest BCUT2D eigenvalue weighted by Gasteiger charge is -2.29. The summed E-state index contributed by atoms with van der Waals surface area (Å²) in [6.45, 7) is 9.72. The van der Waals surface area contributed by atoms with Crippen LogP contribution in [0, 0.1) is 0 Å². The molecule has 2 aromatic rings. The average Bonchev–Trinajstić information content (AvgIpc) is 3.37. The number of rotatable bonds is 6. The Morgan fingerprint density at radius 1 is 1.16 bits per heavy atom. The van der Waals surface area contributed by atoms with Crippen molar-refractivity contribution in [3.05, 3.63) is 54.1 Å². The summed E-state index contributed by atoms with van der Waals surface area (Å²) in [5.41, 5.74) is 1.11. The summed E-state index contributed by atoms with van der Waals surface area (Å²) in [6, 6.07) is 10.0. The summed E-state index contributed by atoms with van der Waals surface area (Å²) in [5.74, 6) is -1.42. The van der Waals surface area contributed by atoms with E-state index in [-0.39, 0.29) is 6.10 Å². The van der Waals surface area contributed by atoms with Crippen LogP contribution in [-0.4, -0.2) is 52.0 Å². The van der Waals surface area contributed by atoms with Gasteiger partial charge < -0.3 is 28.3 Å². The number of hydrogen-bond donors (Lipinski definition) is 0. The minimum atomic E-state index is -0.874. The van der Waals surface area contributed by atoms with Gasteiger partial charge in [0, 0.05) is 25.9 Å². The molecule has 2 aliphatic heterocycles. The van der Waals surface area contributed by atoms with Crippen LogP contribution in [0.4, 0.5) is 0 Å². The minimum absolute atomic E-state index is 0.360. The first-order valence-electron chi connectivity index (χ1n) is 10.5. The molecule has 0 radical (unpaired) electrons. The monoisotopic (exact) mass is 430 g/mol. The molecular formula is C23H30N2O6. The van der Waals surface area contributed by atoms with Crippen LogP contribution in [0.25, 0.3) is 0 Å². The Morgan fingerprint density at radius 3 is 2.55 bits per heavy atom. The summed E-state index contributed by atoms with van der Waals surface area (Å²) >= 11 is 0. The Labute approximate surface area is 182 Å². The average molecular weight is 431 g/mol. The number of benzene rings is 1. The van der Waals surface area contributed by atoms with Gasteiger partial charge in [0.25, 0.3) is 0 Å². The molecule has 4 atom stereocenters. The third-order valence-electron chi connectivity index (χ3n) is 5.35. The topological polar surface area (TPSA) is 81.0 Å². The van der Waals surface area contributed by atoms with Gasteiger partial charge in [-0.25, -0.2) is 4.98 Å². The van der Waals surface area contributed by atoms with Crippen LogP contribution in [0.3, 0.4) is 0 Å². The molecule has 0 spiro atoms. The molecule has 2 fully saturated rings. The van der Waals surface area contributed by atoms with Gasteiger partial charge in [-0.15, -0.1) is 0 Å². The Morgan fingerprint density at radius 2 is 1.90 bits per heavy atom. The van der Waals surface area contributed by atoms with Crippen molar-refractivity contribution in [2.24, 2.45) is 0 Å². The van der Waals surface area contributed by atoms with Crippen molar-refractivity contribution in [3.8, 4) is 0 Å². The van der Waals surface area contributed by atoms with Crippen LogP contribution in [-0.2, 0) is 35.0 Å². The van der Waals surface area contributed by atoms with E-state index in [2.05, 4.69) is 4.98 Å². The number of hydrogen-bond acceptors (Lipinski definition) is 7. The normalized spacial score (nSPS) is 27.8. The Kier molecular flexibility index (Phi) is 5.91. The first-order valence-corrected chi connectivity index (χ1v) is 10.5. The van der Waals surface area contributed by atoms with Crippen LogP contribution in [0.2, 0.25) is 0 Å². The van der Waals surface area contributed by atoms with Gasteiger partial charge in [-0.3, -0.25) is 4.79 Å². The maximum Gasteiger partial charge on any atom is 0.303 e. The molecule has 1 aromatic heterocycles. The Hall–Kier alpha value is -2.26. The number of ether oxygens (including phenoxy) is 5. The second kappa shape index (κ2) is 8.35. The molecule has 168 valence electrons. The predicted molar refractivity (Wildman–Crippen MR) is 111 cm³/mol. The van der Waals surface area contributed by atoms with Crippen molar-refractivity contribution >= 4 is 5.97 Å². The summed E-state index contributed by atoms with van der Waals surface area (Å²) < 4.78 is 32.0. The van der Waals surface area contributed by atoms with E-state index in [1.54, 1.807) is 6.20 Å². The van der Waals surface area contributed by atoms with E-state index in [1.807, 2.05) is 68.8 Å². The Balaban J connectivity index is 1.66. The Bertz CT molecular complexity index is 910. The fourth-order valence-corrected chi connectivity index (χ4v) is 4.15. The van der Waals surface area contributed by atoms with E-state index in [0.717, 1.165) is 5.56 Å². The van der Waals surface area contributed by atoms with Crippen LogP contribution >= 0.6 is 0 Å². The summed E-state index contributed by atoms with van der Waals surface area (Å²) in [6.07, 6.45) is 1.32. The number of aromatic nitrogens is 2. The van der Waals surface area contributed by atoms with Gasteiger partial charge in [-0.05, 0) is 33.3 Å². The summed E-state index contributed by atoms with van der Waals surface area (Å²) in [5, 5.41) is 0. The highest BCUT2D eigenvalue weighted by atomic mass is 16.8. The molecule has 0 saturated carbocycles. The van der Waals surface area contributed by atoms with Crippen molar-refractivity contribution in [2.45, 2.75) is 77.2 Å². The zero-order valence-corrected chi connectivity index (χ0v) is 18.6. The van der Waals surface area contributed by atoms with Gasteiger partial charge in [0.2, 0.25) is 0 Å². The standard InChI is InChI=1S/C23H30N2O6/c1-15(26)28-20(21-24-11-12-25(21)13-16-9-7-6-8-10-16)19-18(30-23(4,5)31-19)17-14-27-22(2,3)29-17/h6-12,17-20H,13-14H2,1-5H3/t17-,18-,19+,20-/m1/s1. The van der Waals surface area contributed by atoms with Gasteiger partial charge in [-0.1, -0.05) is 30.3 Å². The summed E-state index contributed by atoms with van der Waals surface area (Å²) in [7, 11) is 0. The van der Waals surface area contributed by atoms with Gasteiger partial charge in [0.1, 0.15) is 18.3 Å². The smallest absolute Gasteiger partial charge is 0.303 e. The van der Waals surface area contributed by atoms with E-state index < -0.39 is 35.9 Å². The summed E-state index contributed by atoms with van der Waals surface area (Å²) in [4.78, 5) is 16.6. The first-order chi connectivity index (χ1) is 14.6. The van der Waals surface area contributed by atoms with Crippen molar-refractivity contribution in [2.75, 3.05) is 6.61 Å². The first kappa shape index (κ1) is 22.0. The molecule has 0 unspecified atom stereocenters. The van der Waals surface area contributed by atoms with Crippen molar-refractivity contribution in [1.82, 2.24) is 9.55 Å². The number of nitrogens with zero attached hydrogens (tertiary/aromatic N) is 2. The number of carbonyl (C=O) groups is 1. The third kappa shape index (κ3) is 4.98. The van der Waals surface area contributed by atoms with Gasteiger partial charge in [-0.2, -0.15) is 0 Å². The van der Waals surface area contributed by atoms with Crippen LogP contribution in [0.5, 0.6) is 0 Å². The maximum atomic E-state index is 12.1. The van der Waals surface area contributed by atoms with Crippen molar-refractivity contribution < 1.29 is 28.5 Å². The second-order valence-corrected chi connectivity index (χ2v) is 8.86. The zero-order chi connectivity index (χ0) is 22.2. The molecule has 3 heterocycles. The molecule has 0 amide bonds. The second-order valence-electron chi connectivity index (χ2n) is 8.86. The number of carbonyl (C=O) groups excluding carboxylic acids is 1. The molecule has 0 N–H and O–H groups in total. The fraction of sp³-hybridized carbons (Fsp3) is 0.565. The molecule has 0 bridgehead atoms. The maximum absolute atomic E-state index is 12.1. The fourth-order valence-electron chi connectivity index (χ4n) is 4.15. The molecule has 31 heavy (non-hydrogen) atoms. The van der Waals surface area contributed by atoms with Crippen LogP contribution in [0.1, 0.15) is 52.1 Å². The molecule has 8 heteroatoms. The lowest BCUT2D eigenvalue weighted by Crippen LogP contribution is -2.42. The molecule has 0 aliphatic carbocycles. The minimum Gasteiger partial charge on any atom is -0.451 e. The van der Waals surface area contributed by atoms with Gasteiger partial charge in [0.05, 0.1) is 6.61 Å². The van der Waals surface area contributed by atoms with E-state index in [9.17, 15) is 4.79 Å². The lowest BCUT2D eigenvalue weighted by molar-refractivity contribution is -0.177. The quantitative estimate of drug-likeness (QED) is 0.651. The van der Waals surface area contributed by atoms with E-state index in [4.69, 9.17) is 23.7 Å². The molecule has 8 nitrogen and oxygen atoms in total. The molecule has 4 rings (SSSR count). The van der Waals surface area contributed by atoms with Gasteiger partial charge >= 0.3 is 5.97 Å². The van der Waals surface area contributed by atoms with Crippen molar-refractivity contribution in [3.63, 3.8) is 0 Å². The highest BCUT2D eigenvalue weighted by Gasteiger charge is 2.54. The lowest BCUT2D eigenvalue weighted by atomic mass is 10.0. The molecule has 2 saturated heterocycles. The van der Waals surface area contributed by atoms with E-state index >= 15 is 0 Å². The number of esters is 1. The third-order valence-corrected chi connectivity index (χ3v) is 5.35. The van der Waals surface area contributed by atoms with E-state index in [1.165, 1.54) is 6.92 Å². The predicted octanol–water partition coefficient (Wildman–Crippen LogP) is 3.21.